The van der Waals surface area contributed by atoms with Crippen molar-refractivity contribution in [2.24, 2.45) is 5.41 Å². The van der Waals surface area contributed by atoms with Crippen molar-refractivity contribution < 1.29 is 42.5 Å². The molecule has 2 aliphatic rings. The highest BCUT2D eigenvalue weighted by Crippen LogP contribution is 2.46. The first kappa shape index (κ1) is 33.7. The van der Waals surface area contributed by atoms with E-state index in [1.54, 1.807) is 34.6 Å². The summed E-state index contributed by atoms with van der Waals surface area (Å²) in [4.78, 5) is 33.2. The lowest BCUT2D eigenvalue weighted by Crippen LogP contribution is -2.33. The third-order valence-corrected chi connectivity index (χ3v) is 8.90. The molecule has 2 fully saturated rings. The van der Waals surface area contributed by atoms with Crippen molar-refractivity contribution in [3.8, 4) is 0 Å². The first-order chi connectivity index (χ1) is 21.1. The zero-order chi connectivity index (χ0) is 32.7. The van der Waals surface area contributed by atoms with Crippen LogP contribution in [0.4, 0.5) is 5.82 Å². The Morgan fingerprint density at radius 3 is 2.56 bits per heavy atom. The molecule has 5 rings (SSSR count). The second-order valence-electron chi connectivity index (χ2n) is 12.7. The maximum absolute atomic E-state index is 12.5. The number of rotatable bonds is 11. The van der Waals surface area contributed by atoms with E-state index >= 15 is 0 Å². The van der Waals surface area contributed by atoms with Gasteiger partial charge in [0.25, 0.3) is 0 Å². The van der Waals surface area contributed by atoms with Gasteiger partial charge in [0.05, 0.1) is 23.4 Å². The number of nitrogens with zero attached hydrogens (tertiary/aromatic N) is 4. The molecule has 246 valence electrons. The minimum atomic E-state index is -4.23. The Morgan fingerprint density at radius 1 is 1.18 bits per heavy atom. The van der Waals surface area contributed by atoms with Crippen LogP contribution in [0.2, 0.25) is 5.28 Å². The molecule has 6 atom stereocenters. The van der Waals surface area contributed by atoms with E-state index in [0.29, 0.717) is 11.5 Å². The molecule has 2 unspecified atom stereocenters. The molecule has 13 nitrogen and oxygen atoms in total. The summed E-state index contributed by atoms with van der Waals surface area (Å²) in [6.07, 6.45) is -1.23. The van der Waals surface area contributed by atoms with Crippen molar-refractivity contribution >= 4 is 42.0 Å². The largest absolute Gasteiger partial charge is 0.438 e. The van der Waals surface area contributed by atoms with E-state index in [-0.39, 0.29) is 17.9 Å². The van der Waals surface area contributed by atoms with Crippen LogP contribution in [0.3, 0.4) is 0 Å². The molecule has 0 amide bonds. The standard InChI is InChI=1S/C30H40ClN4O9P/c1-18(19-11-9-8-10-12-19)34(7)24-20-13-14-35(25(20)33-28(31)32-24)26-23-22(43-30(5,6)44-23)21(42-26)15-39-17-45(37,38)41-16-40-27(36)29(2,3)4/h8-14,18,21-23,26H,15-17H2,1-7H3,(H,37,38)/t18?,21-,22-,23-,26-/m1/s1. The normalized spacial score (nSPS) is 24.7. The van der Waals surface area contributed by atoms with Crippen molar-refractivity contribution in [3.63, 3.8) is 0 Å². The van der Waals surface area contributed by atoms with Crippen molar-refractivity contribution in [1.29, 1.82) is 0 Å². The fraction of sp³-hybridized carbons (Fsp3) is 0.567. The number of ether oxygens (including phenoxy) is 5. The van der Waals surface area contributed by atoms with Crippen LogP contribution in [-0.2, 0) is 37.6 Å². The molecule has 1 N–H and O–H groups in total. The molecule has 2 aliphatic heterocycles. The number of hydrogen-bond acceptors (Lipinski definition) is 11. The monoisotopic (exact) mass is 666 g/mol. The molecule has 2 saturated heterocycles. The van der Waals surface area contributed by atoms with Gasteiger partial charge in [-0.2, -0.15) is 9.97 Å². The van der Waals surface area contributed by atoms with Crippen molar-refractivity contribution in [1.82, 2.24) is 14.5 Å². The maximum Gasteiger partial charge on any atom is 0.356 e. The average molecular weight is 667 g/mol. The van der Waals surface area contributed by atoms with Gasteiger partial charge in [-0.15, -0.1) is 0 Å². The van der Waals surface area contributed by atoms with E-state index < -0.39 is 62.4 Å². The molecule has 4 heterocycles. The van der Waals surface area contributed by atoms with E-state index in [1.807, 2.05) is 47.0 Å². The van der Waals surface area contributed by atoms with E-state index in [1.165, 1.54) is 0 Å². The Kier molecular flexibility index (Phi) is 9.66. The summed E-state index contributed by atoms with van der Waals surface area (Å²) < 4.78 is 48.5. The third kappa shape index (κ3) is 7.52. The molecule has 45 heavy (non-hydrogen) atoms. The Bertz CT molecular complexity index is 1560. The van der Waals surface area contributed by atoms with E-state index in [2.05, 4.69) is 29.0 Å². The van der Waals surface area contributed by atoms with Gasteiger partial charge >= 0.3 is 13.6 Å². The van der Waals surface area contributed by atoms with Crippen molar-refractivity contribution in [3.05, 3.63) is 53.4 Å². The smallest absolute Gasteiger partial charge is 0.356 e. The Labute approximate surface area is 267 Å². The van der Waals surface area contributed by atoms with Crippen molar-refractivity contribution in [2.45, 2.75) is 77.9 Å². The molecular weight excluding hydrogens is 627 g/mol. The van der Waals surface area contributed by atoms with Crippen LogP contribution in [0.15, 0.2) is 42.6 Å². The van der Waals surface area contributed by atoms with Gasteiger partial charge < -0.3 is 38.0 Å². The quantitative estimate of drug-likeness (QED) is 0.121. The lowest BCUT2D eigenvalue weighted by Gasteiger charge is -2.27. The molecule has 0 aliphatic carbocycles. The van der Waals surface area contributed by atoms with E-state index in [4.69, 9.17) is 39.8 Å². The predicted octanol–water partition coefficient (Wildman–Crippen LogP) is 5.42. The second kappa shape index (κ2) is 12.9. The zero-order valence-electron chi connectivity index (χ0n) is 26.4. The van der Waals surface area contributed by atoms with Gasteiger partial charge in [-0.05, 0) is 64.8 Å². The molecule has 0 radical (unpaired) electrons. The highest BCUT2D eigenvalue weighted by Gasteiger charge is 2.56. The third-order valence-electron chi connectivity index (χ3n) is 7.71. The number of halogens is 1. The number of fused-ring (bicyclic) bond motifs is 2. The molecule has 15 heteroatoms. The van der Waals surface area contributed by atoms with Gasteiger partial charge in [0.2, 0.25) is 12.1 Å². The van der Waals surface area contributed by atoms with Crippen LogP contribution in [0.25, 0.3) is 11.0 Å². The van der Waals surface area contributed by atoms with Crippen LogP contribution in [0.5, 0.6) is 0 Å². The van der Waals surface area contributed by atoms with Crippen LogP contribution >= 0.6 is 19.2 Å². The molecular formula is C30H40ClN4O9P. The number of esters is 1. The maximum atomic E-state index is 12.5. The molecule has 2 aromatic heterocycles. The Balaban J connectivity index is 1.31. The molecule has 3 aromatic rings. The van der Waals surface area contributed by atoms with Crippen LogP contribution in [0.1, 0.15) is 59.4 Å². The number of carbonyl (C=O) groups is 1. The highest BCUT2D eigenvalue weighted by atomic mass is 35.5. The number of anilines is 1. The van der Waals surface area contributed by atoms with Gasteiger partial charge in [-0.1, -0.05) is 30.3 Å². The number of carbonyl (C=O) groups excluding carboxylic acids is 1. The summed E-state index contributed by atoms with van der Waals surface area (Å²) in [7, 11) is -2.27. The lowest BCUT2D eigenvalue weighted by atomic mass is 9.98. The summed E-state index contributed by atoms with van der Waals surface area (Å²) in [6, 6.07) is 12.0. The molecule has 0 saturated carbocycles. The first-order valence-corrected chi connectivity index (χ1v) is 16.7. The molecule has 0 bridgehead atoms. The minimum absolute atomic E-state index is 0.00161. The highest BCUT2D eigenvalue weighted by molar-refractivity contribution is 7.52. The second-order valence-corrected chi connectivity index (χ2v) is 14.8. The van der Waals surface area contributed by atoms with Gasteiger partial charge in [0.1, 0.15) is 36.1 Å². The van der Waals surface area contributed by atoms with Gasteiger partial charge in [0, 0.05) is 13.2 Å². The number of aromatic nitrogens is 3. The Hall–Kier alpha value is -2.61. The van der Waals surface area contributed by atoms with Gasteiger partial charge in [0.15, 0.2) is 12.0 Å². The van der Waals surface area contributed by atoms with E-state index in [9.17, 15) is 14.3 Å². The van der Waals surface area contributed by atoms with Gasteiger partial charge in [-0.25, -0.2) is 0 Å². The summed E-state index contributed by atoms with van der Waals surface area (Å²) in [5.74, 6) is -0.812. The average Bonchev–Trinajstić information content (AvgIpc) is 3.62. The first-order valence-electron chi connectivity index (χ1n) is 14.6. The molecule has 0 spiro atoms. The van der Waals surface area contributed by atoms with Crippen molar-refractivity contribution in [2.75, 3.05) is 31.7 Å². The fourth-order valence-electron chi connectivity index (χ4n) is 5.32. The minimum Gasteiger partial charge on any atom is -0.438 e. The fourth-order valence-corrected chi connectivity index (χ4v) is 6.11. The topological polar surface area (TPSA) is 144 Å². The number of benzene rings is 1. The summed E-state index contributed by atoms with van der Waals surface area (Å²) >= 11 is 6.46. The zero-order valence-corrected chi connectivity index (χ0v) is 28.0. The van der Waals surface area contributed by atoms with Crippen LogP contribution in [-0.4, -0.2) is 76.3 Å². The van der Waals surface area contributed by atoms with Crippen LogP contribution in [0, 0.1) is 5.41 Å². The SMILES string of the molecule is CC(c1ccccc1)N(C)c1nc(Cl)nc2c1ccn2[C@@H]1O[C@H](COCP(=O)(O)OCOC(=O)C(C)(C)C)[C@H]2OC(C)(C)O[C@H]21. The Morgan fingerprint density at radius 2 is 1.87 bits per heavy atom. The summed E-state index contributed by atoms with van der Waals surface area (Å²) in [5.41, 5.74) is 0.896. The number of hydrogen-bond donors (Lipinski definition) is 1. The van der Waals surface area contributed by atoms with Crippen LogP contribution < -0.4 is 4.90 Å². The summed E-state index contributed by atoms with van der Waals surface area (Å²) in [6.45, 7) is 9.93. The van der Waals surface area contributed by atoms with E-state index in [0.717, 1.165) is 10.9 Å². The summed E-state index contributed by atoms with van der Waals surface area (Å²) in [5, 5.41) is 0.850. The lowest BCUT2D eigenvalue weighted by molar-refractivity contribution is -0.201. The molecule has 1 aromatic carbocycles. The van der Waals surface area contributed by atoms with Gasteiger partial charge in [-0.3, -0.25) is 13.9 Å². The predicted molar refractivity (Wildman–Crippen MR) is 166 cm³/mol.